The van der Waals surface area contributed by atoms with Crippen molar-refractivity contribution in [2.75, 3.05) is 13.7 Å². The van der Waals surface area contributed by atoms with E-state index in [1.807, 2.05) is 6.92 Å². The Hall–Kier alpha value is -1.30. The van der Waals surface area contributed by atoms with Crippen LogP contribution in [-0.2, 0) is 9.53 Å². The Morgan fingerprint density at radius 1 is 1.33 bits per heavy atom. The van der Waals surface area contributed by atoms with E-state index in [0.29, 0.717) is 0 Å². The van der Waals surface area contributed by atoms with Crippen LogP contribution in [0.25, 0.3) is 0 Å². The van der Waals surface area contributed by atoms with Crippen LogP contribution in [0.4, 0.5) is 4.79 Å². The zero-order valence-electron chi connectivity index (χ0n) is 11.4. The Balaban J connectivity index is 3.96. The smallest absolute Gasteiger partial charge is 0.315 e. The van der Waals surface area contributed by atoms with Gasteiger partial charge in [0.1, 0.15) is 0 Å². The second kappa shape index (κ2) is 9.70. The van der Waals surface area contributed by atoms with E-state index < -0.39 is 12.1 Å². The van der Waals surface area contributed by atoms with Gasteiger partial charge >= 0.3 is 12.0 Å². The van der Waals surface area contributed by atoms with Crippen molar-refractivity contribution in [2.45, 2.75) is 51.7 Å². The molecule has 3 N–H and O–H groups in total. The predicted octanol–water partition coefficient (Wildman–Crippen LogP) is 1.35. The van der Waals surface area contributed by atoms with Gasteiger partial charge in [0.25, 0.3) is 0 Å². The second-order valence-corrected chi connectivity index (χ2v) is 4.20. The number of carbonyl (C=O) groups excluding carboxylic acids is 1. The van der Waals surface area contributed by atoms with Crippen molar-refractivity contribution in [3.05, 3.63) is 0 Å². The van der Waals surface area contributed by atoms with E-state index in [0.717, 1.165) is 19.3 Å². The molecule has 0 aromatic rings. The Morgan fingerprint density at radius 3 is 2.44 bits per heavy atom. The number of urea groups is 1. The summed E-state index contributed by atoms with van der Waals surface area (Å²) in [5.41, 5.74) is 0. The van der Waals surface area contributed by atoms with E-state index in [1.54, 1.807) is 0 Å². The van der Waals surface area contributed by atoms with Gasteiger partial charge in [-0.05, 0) is 12.8 Å². The minimum atomic E-state index is -0.943. The largest absolute Gasteiger partial charge is 0.481 e. The first-order chi connectivity index (χ1) is 8.53. The molecule has 2 atom stereocenters. The summed E-state index contributed by atoms with van der Waals surface area (Å²) >= 11 is 0. The number of rotatable bonds is 9. The molecule has 0 spiro atoms. The lowest BCUT2D eigenvalue weighted by Crippen LogP contribution is -2.44. The van der Waals surface area contributed by atoms with Gasteiger partial charge in [0, 0.05) is 19.7 Å². The van der Waals surface area contributed by atoms with Crippen LogP contribution in [0.3, 0.4) is 0 Å². The predicted molar refractivity (Wildman–Crippen MR) is 68.6 cm³/mol. The highest BCUT2D eigenvalue weighted by molar-refractivity contribution is 5.74. The fourth-order valence-electron chi connectivity index (χ4n) is 1.60. The number of hydrogen-bond donors (Lipinski definition) is 3. The van der Waals surface area contributed by atoms with E-state index in [1.165, 1.54) is 7.11 Å². The van der Waals surface area contributed by atoms with Crippen molar-refractivity contribution >= 4 is 12.0 Å². The van der Waals surface area contributed by atoms with Crippen molar-refractivity contribution in [1.82, 2.24) is 10.6 Å². The van der Waals surface area contributed by atoms with Gasteiger partial charge in [-0.3, -0.25) is 4.79 Å². The number of hydrogen-bond acceptors (Lipinski definition) is 3. The van der Waals surface area contributed by atoms with Gasteiger partial charge in [-0.15, -0.1) is 0 Å². The number of nitrogens with one attached hydrogen (secondary N) is 2. The highest BCUT2D eigenvalue weighted by Gasteiger charge is 2.14. The molecule has 0 saturated heterocycles. The molecule has 0 fully saturated rings. The number of aliphatic carboxylic acids is 1. The zero-order chi connectivity index (χ0) is 14.0. The average molecular weight is 260 g/mol. The molecule has 2 amide bonds. The lowest BCUT2D eigenvalue weighted by atomic mass is 10.1. The normalized spacial score (nSPS) is 13.7. The minimum Gasteiger partial charge on any atom is -0.481 e. The van der Waals surface area contributed by atoms with Gasteiger partial charge in [-0.2, -0.15) is 0 Å². The second-order valence-electron chi connectivity index (χ2n) is 4.20. The third-order valence-corrected chi connectivity index (χ3v) is 2.69. The van der Waals surface area contributed by atoms with Crippen LogP contribution in [0.2, 0.25) is 0 Å². The first-order valence-electron chi connectivity index (χ1n) is 6.32. The van der Waals surface area contributed by atoms with E-state index in [9.17, 15) is 9.59 Å². The van der Waals surface area contributed by atoms with Crippen LogP contribution in [0.1, 0.15) is 39.5 Å². The standard InChI is InChI=1S/C12H24N2O4/c1-4-6-9(5-2)14-12(17)13-8-10(18-3)7-11(15)16/h9-10H,4-8H2,1-3H3,(H,15,16)(H2,13,14,17). The van der Waals surface area contributed by atoms with Crippen LogP contribution in [0.5, 0.6) is 0 Å². The summed E-state index contributed by atoms with van der Waals surface area (Å²) in [4.78, 5) is 22.1. The summed E-state index contributed by atoms with van der Waals surface area (Å²) in [6, 6.07) is -0.113. The molecule has 0 aliphatic rings. The molecular weight excluding hydrogens is 236 g/mol. The van der Waals surface area contributed by atoms with E-state index >= 15 is 0 Å². The fraction of sp³-hybridized carbons (Fsp3) is 0.833. The fourth-order valence-corrected chi connectivity index (χ4v) is 1.60. The Labute approximate surface area is 108 Å². The van der Waals surface area contributed by atoms with Gasteiger partial charge in [0.05, 0.1) is 12.5 Å². The van der Waals surface area contributed by atoms with E-state index in [4.69, 9.17) is 9.84 Å². The number of ether oxygens (including phenoxy) is 1. The summed E-state index contributed by atoms with van der Waals surface area (Å²) in [5, 5.41) is 14.1. The lowest BCUT2D eigenvalue weighted by molar-refractivity contribution is -0.139. The highest BCUT2D eigenvalue weighted by Crippen LogP contribution is 2.00. The SMILES string of the molecule is CCCC(CC)NC(=O)NCC(CC(=O)O)OC. The molecule has 6 heteroatoms. The number of amides is 2. The minimum absolute atomic E-state index is 0.122. The third-order valence-electron chi connectivity index (χ3n) is 2.69. The summed E-state index contributed by atoms with van der Waals surface area (Å²) in [6.45, 7) is 4.27. The molecule has 0 saturated carbocycles. The van der Waals surface area contributed by atoms with Crippen molar-refractivity contribution in [3.63, 3.8) is 0 Å². The molecular formula is C12H24N2O4. The lowest BCUT2D eigenvalue weighted by Gasteiger charge is -2.18. The van der Waals surface area contributed by atoms with E-state index in [2.05, 4.69) is 17.6 Å². The molecule has 0 aromatic heterocycles. The maximum absolute atomic E-state index is 11.6. The Kier molecular flexibility index (Phi) is 9.00. The molecule has 0 aromatic carbocycles. The van der Waals surface area contributed by atoms with Gasteiger partial charge in [0.2, 0.25) is 0 Å². The Morgan fingerprint density at radius 2 is 2.00 bits per heavy atom. The van der Waals surface area contributed by atoms with Crippen molar-refractivity contribution in [3.8, 4) is 0 Å². The number of carbonyl (C=O) groups is 2. The summed E-state index contributed by atoms with van der Waals surface area (Å²) in [5.74, 6) is -0.943. The topological polar surface area (TPSA) is 87.7 Å². The quantitative estimate of drug-likeness (QED) is 0.584. The third kappa shape index (κ3) is 7.89. The van der Waals surface area contributed by atoms with Crippen LogP contribution in [-0.4, -0.2) is 42.9 Å². The maximum Gasteiger partial charge on any atom is 0.315 e. The molecule has 18 heavy (non-hydrogen) atoms. The summed E-state index contributed by atoms with van der Waals surface area (Å²) in [6.07, 6.45) is 2.21. The van der Waals surface area contributed by atoms with Crippen LogP contribution >= 0.6 is 0 Å². The van der Waals surface area contributed by atoms with Crippen LogP contribution in [0.15, 0.2) is 0 Å². The number of carboxylic acids is 1. The van der Waals surface area contributed by atoms with E-state index in [-0.39, 0.29) is 25.0 Å². The molecule has 106 valence electrons. The molecule has 0 aliphatic heterocycles. The van der Waals surface area contributed by atoms with Gasteiger partial charge in [-0.25, -0.2) is 4.79 Å². The highest BCUT2D eigenvalue weighted by atomic mass is 16.5. The first-order valence-corrected chi connectivity index (χ1v) is 6.32. The van der Waals surface area contributed by atoms with Crippen molar-refractivity contribution in [1.29, 1.82) is 0 Å². The van der Waals surface area contributed by atoms with Gasteiger partial charge < -0.3 is 20.5 Å². The maximum atomic E-state index is 11.6. The van der Waals surface area contributed by atoms with Crippen molar-refractivity contribution < 1.29 is 19.4 Å². The molecule has 2 unspecified atom stereocenters. The molecule has 0 radical (unpaired) electrons. The monoisotopic (exact) mass is 260 g/mol. The first kappa shape index (κ1) is 16.7. The molecule has 0 aliphatic carbocycles. The van der Waals surface area contributed by atoms with Crippen molar-refractivity contribution in [2.24, 2.45) is 0 Å². The molecule has 0 rings (SSSR count). The zero-order valence-corrected chi connectivity index (χ0v) is 11.4. The molecule has 6 nitrogen and oxygen atoms in total. The van der Waals surface area contributed by atoms with Crippen LogP contribution < -0.4 is 10.6 Å². The molecule has 0 heterocycles. The summed E-state index contributed by atoms with van der Waals surface area (Å²) < 4.78 is 4.97. The number of carboxylic acid groups (broad SMARTS) is 1. The van der Waals surface area contributed by atoms with Crippen LogP contribution in [0, 0.1) is 0 Å². The molecule has 0 bridgehead atoms. The summed E-state index contributed by atoms with van der Waals surface area (Å²) in [7, 11) is 1.43. The van der Waals surface area contributed by atoms with Gasteiger partial charge in [0.15, 0.2) is 0 Å². The Bertz CT molecular complexity index is 258. The van der Waals surface area contributed by atoms with Gasteiger partial charge in [-0.1, -0.05) is 20.3 Å². The number of methoxy groups -OCH3 is 1. The average Bonchev–Trinajstić information content (AvgIpc) is 2.33.